The third-order valence-corrected chi connectivity index (χ3v) is 6.35. The zero-order valence-corrected chi connectivity index (χ0v) is 23.0. The maximum atomic E-state index is 6.23. The molecule has 0 radical (unpaired) electrons. The Morgan fingerprint density at radius 1 is 0.447 bits per heavy atom. The van der Waals surface area contributed by atoms with Crippen molar-refractivity contribution < 1.29 is 18.9 Å². The first-order valence-corrected chi connectivity index (χ1v) is 12.0. The summed E-state index contributed by atoms with van der Waals surface area (Å²) in [7, 11) is 6.27. The van der Waals surface area contributed by atoms with Crippen LogP contribution >= 0.6 is 23.2 Å². The van der Waals surface area contributed by atoms with Crippen LogP contribution in [0.15, 0.2) is 60.7 Å². The normalized spacial score (nSPS) is 10.3. The fraction of sp³-hybridized carbons (Fsp3) is 0.143. The van der Waals surface area contributed by atoms with Crippen LogP contribution in [-0.4, -0.2) is 28.4 Å². The van der Waals surface area contributed by atoms with Crippen molar-refractivity contribution in [3.8, 4) is 45.3 Å². The lowest BCUT2D eigenvalue weighted by Crippen LogP contribution is -1.96. The lowest BCUT2D eigenvalue weighted by molar-refractivity contribution is 0.416. The van der Waals surface area contributed by atoms with Crippen LogP contribution in [0.1, 0.15) is 0 Å². The quantitative estimate of drug-likeness (QED) is 0.200. The van der Waals surface area contributed by atoms with Crippen molar-refractivity contribution in [3.63, 3.8) is 0 Å². The second-order valence-corrected chi connectivity index (χ2v) is 8.88. The largest absolute Gasteiger partial charge is 0.495 e. The molecule has 200 valence electrons. The van der Waals surface area contributed by atoms with E-state index in [1.807, 2.05) is 36.4 Å². The number of methoxy groups -OCH3 is 4. The topological polar surface area (TPSA) is 141 Å². The Kier molecular flexibility index (Phi) is 9.28. The van der Waals surface area contributed by atoms with Crippen LogP contribution in [0.3, 0.4) is 0 Å². The average molecular weight is 557 g/mol. The van der Waals surface area contributed by atoms with Gasteiger partial charge in [0.25, 0.3) is 0 Å². The zero-order chi connectivity index (χ0) is 28.0. The molecule has 0 amide bonds. The standard InChI is InChI=1S/C14H14Cl2N2O2.C14H16N2O2/c1-19-13-3-7(9(15)5-11(13)17)8-4-14(20-2)12(18)6-10(8)16;1-17-13-7-9(3-5-11(13)15)10-4-6-12(16)14(8-10)18-2/h3-6H,17-18H2,1-2H3;3-8H,15-16H2,1-2H3. The van der Waals surface area contributed by atoms with Crippen LogP contribution in [-0.2, 0) is 0 Å². The second-order valence-electron chi connectivity index (χ2n) is 8.06. The van der Waals surface area contributed by atoms with Gasteiger partial charge in [0.05, 0.1) is 61.2 Å². The van der Waals surface area contributed by atoms with E-state index in [1.54, 1.807) is 38.5 Å². The van der Waals surface area contributed by atoms with Crippen LogP contribution in [0.5, 0.6) is 23.0 Å². The van der Waals surface area contributed by atoms with Crippen molar-refractivity contribution in [1.82, 2.24) is 0 Å². The van der Waals surface area contributed by atoms with Gasteiger partial charge in [0.1, 0.15) is 23.0 Å². The number of hydrogen-bond acceptors (Lipinski definition) is 8. The Hall–Kier alpha value is -4.14. The van der Waals surface area contributed by atoms with Crippen molar-refractivity contribution in [1.29, 1.82) is 0 Å². The molecule has 8 nitrogen and oxygen atoms in total. The predicted octanol–water partition coefficient (Wildman–Crippen LogP) is 6.38. The lowest BCUT2D eigenvalue weighted by atomic mass is 10.0. The minimum Gasteiger partial charge on any atom is -0.495 e. The first kappa shape index (κ1) is 28.4. The van der Waals surface area contributed by atoms with Crippen molar-refractivity contribution in [3.05, 3.63) is 70.7 Å². The molecule has 8 N–H and O–H groups in total. The Bertz CT molecular complexity index is 1340. The smallest absolute Gasteiger partial charge is 0.142 e. The summed E-state index contributed by atoms with van der Waals surface area (Å²) in [6.45, 7) is 0. The van der Waals surface area contributed by atoms with Gasteiger partial charge in [0.2, 0.25) is 0 Å². The van der Waals surface area contributed by atoms with Gasteiger partial charge in [-0.15, -0.1) is 0 Å². The summed E-state index contributed by atoms with van der Waals surface area (Å²) >= 11 is 12.5. The molecule has 0 spiro atoms. The molecule has 0 bridgehead atoms. The van der Waals surface area contributed by atoms with Gasteiger partial charge in [-0.2, -0.15) is 0 Å². The maximum Gasteiger partial charge on any atom is 0.142 e. The van der Waals surface area contributed by atoms with Crippen LogP contribution < -0.4 is 41.9 Å². The number of nitrogens with two attached hydrogens (primary N) is 4. The fourth-order valence-corrected chi connectivity index (χ4v) is 4.23. The van der Waals surface area contributed by atoms with Crippen molar-refractivity contribution in [2.75, 3.05) is 51.4 Å². The highest BCUT2D eigenvalue weighted by molar-refractivity contribution is 6.37. The number of nitrogen functional groups attached to an aromatic ring is 4. The molecule has 0 atom stereocenters. The summed E-state index contributed by atoms with van der Waals surface area (Å²) in [6.07, 6.45) is 0. The number of benzene rings is 4. The van der Waals surface area contributed by atoms with Crippen LogP contribution in [0.4, 0.5) is 22.7 Å². The minimum atomic E-state index is 0.458. The Balaban J connectivity index is 0.000000212. The number of rotatable bonds is 6. The van der Waals surface area contributed by atoms with E-state index in [-0.39, 0.29) is 0 Å². The van der Waals surface area contributed by atoms with E-state index in [0.29, 0.717) is 66.9 Å². The van der Waals surface area contributed by atoms with Gasteiger partial charge < -0.3 is 41.9 Å². The molecule has 4 aromatic rings. The summed E-state index contributed by atoms with van der Waals surface area (Å²) in [6, 6.07) is 18.0. The maximum absolute atomic E-state index is 6.23. The molecule has 0 saturated carbocycles. The van der Waals surface area contributed by atoms with E-state index in [0.717, 1.165) is 11.1 Å². The molecular formula is C28H30Cl2N4O4. The molecule has 0 aliphatic rings. The minimum absolute atomic E-state index is 0.458. The Morgan fingerprint density at radius 2 is 0.763 bits per heavy atom. The molecule has 0 heterocycles. The summed E-state index contributed by atoms with van der Waals surface area (Å²) in [5.41, 5.74) is 28.7. The third-order valence-electron chi connectivity index (χ3n) is 5.73. The molecule has 0 aliphatic heterocycles. The Labute approximate surface area is 231 Å². The molecular weight excluding hydrogens is 527 g/mol. The van der Waals surface area contributed by atoms with Crippen molar-refractivity contribution >= 4 is 46.0 Å². The highest BCUT2D eigenvalue weighted by Gasteiger charge is 2.15. The second kappa shape index (κ2) is 12.4. The number of halogens is 2. The van der Waals surface area contributed by atoms with Gasteiger partial charge in [-0.1, -0.05) is 35.3 Å². The van der Waals surface area contributed by atoms with Gasteiger partial charge in [-0.25, -0.2) is 0 Å². The van der Waals surface area contributed by atoms with E-state index in [1.165, 1.54) is 14.2 Å². The van der Waals surface area contributed by atoms with Crippen LogP contribution in [0, 0.1) is 0 Å². The highest BCUT2D eigenvalue weighted by Crippen LogP contribution is 2.42. The number of anilines is 4. The number of hydrogen-bond donors (Lipinski definition) is 4. The molecule has 0 aliphatic carbocycles. The van der Waals surface area contributed by atoms with Gasteiger partial charge in [-0.05, 0) is 59.7 Å². The molecule has 4 rings (SSSR count). The average Bonchev–Trinajstić information content (AvgIpc) is 2.90. The third kappa shape index (κ3) is 6.22. The van der Waals surface area contributed by atoms with Gasteiger partial charge in [0, 0.05) is 11.1 Å². The van der Waals surface area contributed by atoms with Crippen molar-refractivity contribution in [2.24, 2.45) is 0 Å². The molecule has 0 fully saturated rings. The molecule has 0 saturated heterocycles. The first-order chi connectivity index (χ1) is 18.1. The summed E-state index contributed by atoms with van der Waals surface area (Å²) < 4.78 is 20.8. The summed E-state index contributed by atoms with van der Waals surface area (Å²) in [4.78, 5) is 0. The molecule has 0 unspecified atom stereocenters. The van der Waals surface area contributed by atoms with Gasteiger partial charge in [0.15, 0.2) is 0 Å². The van der Waals surface area contributed by atoms with Gasteiger partial charge >= 0.3 is 0 Å². The van der Waals surface area contributed by atoms with Crippen LogP contribution in [0.25, 0.3) is 22.3 Å². The first-order valence-electron chi connectivity index (χ1n) is 11.3. The molecule has 38 heavy (non-hydrogen) atoms. The predicted molar refractivity (Wildman–Crippen MR) is 158 cm³/mol. The van der Waals surface area contributed by atoms with E-state index in [9.17, 15) is 0 Å². The van der Waals surface area contributed by atoms with Crippen LogP contribution in [0.2, 0.25) is 10.0 Å². The molecule has 0 aromatic heterocycles. The molecule has 4 aromatic carbocycles. The SMILES string of the molecule is COc1cc(-c2cc(OC)c(N)cc2Cl)c(Cl)cc1N.COc1cc(-c2ccc(N)c(OC)c2)ccc1N. The van der Waals surface area contributed by atoms with E-state index in [2.05, 4.69) is 0 Å². The molecule has 10 heteroatoms. The monoisotopic (exact) mass is 556 g/mol. The summed E-state index contributed by atoms with van der Waals surface area (Å²) in [5.74, 6) is 2.36. The fourth-order valence-electron chi connectivity index (χ4n) is 3.69. The highest BCUT2D eigenvalue weighted by atomic mass is 35.5. The van der Waals surface area contributed by atoms with Crippen molar-refractivity contribution in [2.45, 2.75) is 0 Å². The number of ether oxygens (including phenoxy) is 4. The zero-order valence-electron chi connectivity index (χ0n) is 21.5. The van der Waals surface area contributed by atoms with E-state index in [4.69, 9.17) is 65.1 Å². The summed E-state index contributed by atoms with van der Waals surface area (Å²) in [5, 5.41) is 0.939. The van der Waals surface area contributed by atoms with E-state index < -0.39 is 0 Å². The lowest BCUT2D eigenvalue weighted by Gasteiger charge is -2.13. The van der Waals surface area contributed by atoms with Gasteiger partial charge in [-0.3, -0.25) is 0 Å². The Morgan fingerprint density at radius 3 is 1.08 bits per heavy atom. The van der Waals surface area contributed by atoms with E-state index >= 15 is 0 Å².